The maximum Gasteiger partial charge on any atom is 0.136 e. The highest BCUT2D eigenvalue weighted by Crippen LogP contribution is 2.38. The smallest absolute Gasteiger partial charge is 0.136 e. The van der Waals surface area contributed by atoms with Crippen LogP contribution in [0.3, 0.4) is 0 Å². The molecule has 0 N–H and O–H groups in total. The van der Waals surface area contributed by atoms with E-state index in [1.54, 1.807) is 7.11 Å². The van der Waals surface area contributed by atoms with Gasteiger partial charge in [0.1, 0.15) is 11.8 Å². The van der Waals surface area contributed by atoms with Gasteiger partial charge in [0.15, 0.2) is 0 Å². The Kier molecular flexibility index (Phi) is 3.88. The number of hydrogen-bond donors (Lipinski definition) is 0. The zero-order valence-electron chi connectivity index (χ0n) is 11.3. The number of nitriles is 1. The molecule has 0 aliphatic heterocycles. The van der Waals surface area contributed by atoms with Gasteiger partial charge >= 0.3 is 0 Å². The van der Waals surface area contributed by atoms with Crippen molar-refractivity contribution in [2.45, 2.75) is 19.9 Å². The molecule has 1 aliphatic carbocycles. The monoisotopic (exact) mass is 244 g/mol. The Morgan fingerprint density at radius 1 is 1.50 bits per heavy atom. The average Bonchev–Trinajstić information content (AvgIpc) is 3.04. The van der Waals surface area contributed by atoms with E-state index in [1.165, 1.54) is 12.0 Å². The first-order valence-corrected chi connectivity index (χ1v) is 6.39. The number of methoxy groups -OCH3 is 1. The van der Waals surface area contributed by atoms with Gasteiger partial charge in [0.2, 0.25) is 0 Å². The number of benzene rings is 1. The molecule has 1 fully saturated rings. The Bertz CT molecular complexity index is 464. The van der Waals surface area contributed by atoms with Gasteiger partial charge in [-0.25, -0.2) is 0 Å². The third-order valence-corrected chi connectivity index (χ3v) is 3.66. The Labute approximate surface area is 109 Å². The summed E-state index contributed by atoms with van der Waals surface area (Å²) in [4.78, 5) is 2.34. The molecule has 3 heteroatoms. The normalized spacial score (nSPS) is 21.7. The van der Waals surface area contributed by atoms with Crippen LogP contribution in [0.2, 0.25) is 0 Å². The lowest BCUT2D eigenvalue weighted by atomic mass is 10.1. The van der Waals surface area contributed by atoms with Crippen LogP contribution < -0.4 is 4.74 Å². The maximum absolute atomic E-state index is 8.94. The van der Waals surface area contributed by atoms with Crippen molar-refractivity contribution in [2.75, 3.05) is 20.7 Å². The SMILES string of the molecule is COc1cc(CN(C)CC2CC2C)ccc1C#N. The zero-order valence-corrected chi connectivity index (χ0v) is 11.3. The minimum absolute atomic E-state index is 0.597. The number of hydrogen-bond acceptors (Lipinski definition) is 3. The van der Waals surface area contributed by atoms with Gasteiger partial charge < -0.3 is 9.64 Å². The Morgan fingerprint density at radius 2 is 2.22 bits per heavy atom. The van der Waals surface area contributed by atoms with Crippen LogP contribution in [0.15, 0.2) is 18.2 Å². The van der Waals surface area contributed by atoms with E-state index in [2.05, 4.69) is 24.9 Å². The number of rotatable bonds is 5. The van der Waals surface area contributed by atoms with E-state index in [1.807, 2.05) is 18.2 Å². The lowest BCUT2D eigenvalue weighted by Crippen LogP contribution is -2.20. The van der Waals surface area contributed by atoms with Crippen molar-refractivity contribution in [1.29, 1.82) is 5.26 Å². The topological polar surface area (TPSA) is 36.3 Å². The van der Waals surface area contributed by atoms with Crippen LogP contribution in [-0.4, -0.2) is 25.6 Å². The van der Waals surface area contributed by atoms with Gasteiger partial charge in [-0.3, -0.25) is 0 Å². The van der Waals surface area contributed by atoms with E-state index in [4.69, 9.17) is 10.00 Å². The summed E-state index contributed by atoms with van der Waals surface area (Å²) in [6.45, 7) is 4.37. The van der Waals surface area contributed by atoms with Gasteiger partial charge in [0.05, 0.1) is 12.7 Å². The molecule has 1 aromatic rings. The summed E-state index contributed by atoms with van der Waals surface area (Å²) in [5.74, 6) is 2.43. The standard InChI is InChI=1S/C15H20N2O/c1-11-6-14(11)10-17(2)9-12-4-5-13(8-16)15(7-12)18-3/h4-5,7,11,14H,6,9-10H2,1-3H3. The molecular weight excluding hydrogens is 224 g/mol. The van der Waals surface area contributed by atoms with Crippen molar-refractivity contribution >= 4 is 0 Å². The van der Waals surface area contributed by atoms with Crippen molar-refractivity contribution in [2.24, 2.45) is 11.8 Å². The van der Waals surface area contributed by atoms with E-state index in [9.17, 15) is 0 Å². The fraction of sp³-hybridized carbons (Fsp3) is 0.533. The zero-order chi connectivity index (χ0) is 13.1. The highest BCUT2D eigenvalue weighted by Gasteiger charge is 2.32. The second-order valence-corrected chi connectivity index (χ2v) is 5.32. The van der Waals surface area contributed by atoms with Crippen LogP contribution in [0.5, 0.6) is 5.75 Å². The highest BCUT2D eigenvalue weighted by atomic mass is 16.5. The van der Waals surface area contributed by atoms with Gasteiger partial charge in [0, 0.05) is 13.1 Å². The summed E-state index contributed by atoms with van der Waals surface area (Å²) < 4.78 is 5.23. The molecule has 0 spiro atoms. The quantitative estimate of drug-likeness (QED) is 0.799. The molecule has 0 amide bonds. The Morgan fingerprint density at radius 3 is 2.78 bits per heavy atom. The molecule has 3 nitrogen and oxygen atoms in total. The lowest BCUT2D eigenvalue weighted by Gasteiger charge is -2.17. The molecule has 0 aromatic heterocycles. The van der Waals surface area contributed by atoms with Crippen LogP contribution in [0.4, 0.5) is 0 Å². The van der Waals surface area contributed by atoms with E-state index in [0.29, 0.717) is 11.3 Å². The van der Waals surface area contributed by atoms with Gasteiger partial charge in [-0.05, 0) is 43.0 Å². The molecule has 0 radical (unpaired) electrons. The molecule has 0 heterocycles. The largest absolute Gasteiger partial charge is 0.495 e. The van der Waals surface area contributed by atoms with Crippen LogP contribution in [0, 0.1) is 23.2 Å². The molecule has 0 saturated heterocycles. The predicted octanol–water partition coefficient (Wildman–Crippen LogP) is 2.65. The summed E-state index contributed by atoms with van der Waals surface area (Å²) in [6, 6.07) is 7.94. The molecule has 1 aromatic carbocycles. The lowest BCUT2D eigenvalue weighted by molar-refractivity contribution is 0.307. The van der Waals surface area contributed by atoms with Crippen LogP contribution in [0.25, 0.3) is 0 Å². The predicted molar refractivity (Wildman–Crippen MR) is 71.3 cm³/mol. The fourth-order valence-corrected chi connectivity index (χ4v) is 2.36. The second kappa shape index (κ2) is 5.41. The van der Waals surface area contributed by atoms with Crippen LogP contribution >= 0.6 is 0 Å². The molecule has 1 aliphatic rings. The molecule has 96 valence electrons. The Balaban J connectivity index is 1.98. The molecule has 0 bridgehead atoms. The molecule has 18 heavy (non-hydrogen) atoms. The highest BCUT2D eigenvalue weighted by molar-refractivity contribution is 5.45. The van der Waals surface area contributed by atoms with Gasteiger partial charge in [-0.2, -0.15) is 5.26 Å². The summed E-state index contributed by atoms with van der Waals surface area (Å²) >= 11 is 0. The van der Waals surface area contributed by atoms with E-state index in [-0.39, 0.29) is 0 Å². The first-order chi connectivity index (χ1) is 8.63. The van der Waals surface area contributed by atoms with Crippen molar-refractivity contribution < 1.29 is 4.74 Å². The number of nitrogens with zero attached hydrogens (tertiary/aromatic N) is 2. The van der Waals surface area contributed by atoms with E-state index >= 15 is 0 Å². The van der Waals surface area contributed by atoms with Crippen LogP contribution in [0.1, 0.15) is 24.5 Å². The summed E-state index contributed by atoms with van der Waals surface area (Å²) in [5, 5.41) is 8.94. The average molecular weight is 244 g/mol. The first-order valence-electron chi connectivity index (χ1n) is 6.39. The fourth-order valence-electron chi connectivity index (χ4n) is 2.36. The molecular formula is C15H20N2O. The summed E-state index contributed by atoms with van der Waals surface area (Å²) in [5.41, 5.74) is 1.79. The van der Waals surface area contributed by atoms with Crippen molar-refractivity contribution in [3.05, 3.63) is 29.3 Å². The second-order valence-electron chi connectivity index (χ2n) is 5.32. The summed E-state index contributed by atoms with van der Waals surface area (Å²) in [7, 11) is 3.76. The minimum Gasteiger partial charge on any atom is -0.495 e. The van der Waals surface area contributed by atoms with Gasteiger partial charge in [0.25, 0.3) is 0 Å². The van der Waals surface area contributed by atoms with Crippen LogP contribution in [-0.2, 0) is 6.54 Å². The van der Waals surface area contributed by atoms with Gasteiger partial charge in [-0.15, -0.1) is 0 Å². The molecule has 2 unspecified atom stereocenters. The third-order valence-electron chi connectivity index (χ3n) is 3.66. The van der Waals surface area contributed by atoms with E-state index < -0.39 is 0 Å². The minimum atomic E-state index is 0.597. The van der Waals surface area contributed by atoms with Crippen molar-refractivity contribution in [3.63, 3.8) is 0 Å². The van der Waals surface area contributed by atoms with E-state index in [0.717, 1.165) is 24.9 Å². The molecule has 1 saturated carbocycles. The summed E-state index contributed by atoms with van der Waals surface area (Å²) in [6.07, 6.45) is 1.36. The molecule has 2 rings (SSSR count). The van der Waals surface area contributed by atoms with Gasteiger partial charge in [-0.1, -0.05) is 13.0 Å². The van der Waals surface area contributed by atoms with Crippen molar-refractivity contribution in [3.8, 4) is 11.8 Å². The molecule has 2 atom stereocenters. The Hall–Kier alpha value is -1.53. The maximum atomic E-state index is 8.94. The number of ether oxygens (including phenoxy) is 1. The van der Waals surface area contributed by atoms with Crippen molar-refractivity contribution in [1.82, 2.24) is 4.90 Å². The third kappa shape index (κ3) is 3.02. The first kappa shape index (κ1) is 12.9.